The van der Waals surface area contributed by atoms with Crippen molar-refractivity contribution in [1.82, 2.24) is 25.8 Å². The number of aromatic nitrogens is 3. The van der Waals surface area contributed by atoms with Gasteiger partial charge in [-0.05, 0) is 19.3 Å². The molecule has 1 aromatic rings. The topological polar surface area (TPSA) is 82.7 Å². The van der Waals surface area contributed by atoms with Crippen molar-refractivity contribution < 1.29 is 4.79 Å². The van der Waals surface area contributed by atoms with Gasteiger partial charge in [-0.2, -0.15) is 5.10 Å². The third-order valence-electron chi connectivity index (χ3n) is 2.74. The lowest BCUT2D eigenvalue weighted by Crippen LogP contribution is -2.29. The Morgan fingerprint density at radius 1 is 1.47 bits per heavy atom. The summed E-state index contributed by atoms with van der Waals surface area (Å²) in [5.41, 5.74) is 0. The van der Waals surface area contributed by atoms with E-state index < -0.39 is 0 Å². The first kappa shape index (κ1) is 12.0. The van der Waals surface area contributed by atoms with Gasteiger partial charge in [0.25, 0.3) is 0 Å². The van der Waals surface area contributed by atoms with Gasteiger partial charge in [0.15, 0.2) is 0 Å². The van der Waals surface area contributed by atoms with Crippen LogP contribution in [0.3, 0.4) is 0 Å². The average Bonchev–Trinajstić information content (AvgIpc) is 3.00. The van der Waals surface area contributed by atoms with Gasteiger partial charge < -0.3 is 10.6 Å². The van der Waals surface area contributed by atoms with Crippen LogP contribution in [-0.4, -0.2) is 40.2 Å². The molecule has 0 saturated heterocycles. The summed E-state index contributed by atoms with van der Waals surface area (Å²) in [7, 11) is 0. The second-order valence-corrected chi connectivity index (χ2v) is 4.36. The summed E-state index contributed by atoms with van der Waals surface area (Å²) < 4.78 is 0. The van der Waals surface area contributed by atoms with Gasteiger partial charge in [0.05, 0.1) is 0 Å². The third-order valence-corrected chi connectivity index (χ3v) is 2.74. The molecular formula is C11H19N5O. The van der Waals surface area contributed by atoms with Gasteiger partial charge in [0, 0.05) is 32.0 Å². The molecule has 1 amide bonds. The molecule has 1 saturated carbocycles. The van der Waals surface area contributed by atoms with Crippen molar-refractivity contribution in [3.63, 3.8) is 0 Å². The standard InChI is InChI=1S/C11H19N5O/c17-11(5-7-12-9-3-4-9)13-6-1-2-10-14-8-15-16-10/h8-9,12H,1-7H2,(H,13,17)(H,14,15,16). The smallest absolute Gasteiger partial charge is 0.221 e. The SMILES string of the molecule is O=C(CCNC1CC1)NCCCc1ncn[nH]1. The number of H-pyrrole nitrogens is 1. The molecule has 1 fully saturated rings. The predicted molar refractivity (Wildman–Crippen MR) is 63.4 cm³/mol. The van der Waals surface area contributed by atoms with E-state index in [1.165, 1.54) is 19.2 Å². The van der Waals surface area contributed by atoms with Crippen molar-refractivity contribution in [2.24, 2.45) is 0 Å². The number of nitrogens with one attached hydrogen (secondary N) is 3. The molecule has 0 atom stereocenters. The molecule has 2 rings (SSSR count). The molecule has 0 aliphatic heterocycles. The molecule has 1 aliphatic rings. The Labute approximate surface area is 101 Å². The summed E-state index contributed by atoms with van der Waals surface area (Å²) in [6.45, 7) is 1.49. The summed E-state index contributed by atoms with van der Waals surface area (Å²) in [6, 6.07) is 0.675. The summed E-state index contributed by atoms with van der Waals surface area (Å²) in [4.78, 5) is 15.4. The lowest BCUT2D eigenvalue weighted by molar-refractivity contribution is -0.121. The van der Waals surface area contributed by atoms with E-state index in [1.54, 1.807) is 0 Å². The lowest BCUT2D eigenvalue weighted by Gasteiger charge is -2.05. The second-order valence-electron chi connectivity index (χ2n) is 4.36. The molecule has 3 N–H and O–H groups in total. The number of aryl methyl sites for hydroxylation is 1. The van der Waals surface area contributed by atoms with Gasteiger partial charge in [-0.15, -0.1) is 0 Å². The molecule has 1 aromatic heterocycles. The van der Waals surface area contributed by atoms with E-state index in [1.807, 2.05) is 0 Å². The van der Waals surface area contributed by atoms with Crippen LogP contribution in [0.4, 0.5) is 0 Å². The largest absolute Gasteiger partial charge is 0.356 e. The van der Waals surface area contributed by atoms with Crippen LogP contribution in [0.25, 0.3) is 0 Å². The van der Waals surface area contributed by atoms with Crippen LogP contribution in [0.1, 0.15) is 31.5 Å². The van der Waals surface area contributed by atoms with Gasteiger partial charge in [-0.1, -0.05) is 0 Å². The molecule has 94 valence electrons. The Bertz CT molecular complexity index is 334. The molecule has 0 aromatic carbocycles. The molecule has 6 nitrogen and oxygen atoms in total. The van der Waals surface area contributed by atoms with E-state index in [0.717, 1.165) is 25.2 Å². The maximum absolute atomic E-state index is 11.4. The highest BCUT2D eigenvalue weighted by Crippen LogP contribution is 2.18. The Kier molecular flexibility index (Phi) is 4.49. The number of carbonyl (C=O) groups is 1. The first-order chi connectivity index (χ1) is 8.34. The van der Waals surface area contributed by atoms with E-state index in [-0.39, 0.29) is 5.91 Å². The zero-order valence-corrected chi connectivity index (χ0v) is 9.91. The van der Waals surface area contributed by atoms with Crippen molar-refractivity contribution in [2.45, 2.75) is 38.1 Å². The molecule has 0 bridgehead atoms. The first-order valence-corrected chi connectivity index (χ1v) is 6.19. The van der Waals surface area contributed by atoms with Crippen molar-refractivity contribution >= 4 is 5.91 Å². The normalized spacial score (nSPS) is 14.8. The molecule has 0 spiro atoms. The maximum atomic E-state index is 11.4. The Morgan fingerprint density at radius 2 is 2.35 bits per heavy atom. The van der Waals surface area contributed by atoms with Crippen molar-refractivity contribution in [3.05, 3.63) is 12.2 Å². The van der Waals surface area contributed by atoms with Crippen LogP contribution >= 0.6 is 0 Å². The zero-order valence-electron chi connectivity index (χ0n) is 9.91. The van der Waals surface area contributed by atoms with E-state index in [9.17, 15) is 4.79 Å². The predicted octanol–water partition coefficient (Wildman–Crippen LogP) is -0.00440. The second kappa shape index (κ2) is 6.34. The van der Waals surface area contributed by atoms with Crippen molar-refractivity contribution in [1.29, 1.82) is 0 Å². The fourth-order valence-electron chi connectivity index (χ4n) is 1.60. The van der Waals surface area contributed by atoms with Crippen molar-refractivity contribution in [3.8, 4) is 0 Å². The molecule has 1 heterocycles. The third kappa shape index (κ3) is 4.95. The minimum absolute atomic E-state index is 0.121. The summed E-state index contributed by atoms with van der Waals surface area (Å²) in [6.07, 6.45) is 6.30. The zero-order chi connectivity index (χ0) is 11.9. The Hall–Kier alpha value is -1.43. The van der Waals surface area contributed by atoms with E-state index in [0.29, 0.717) is 19.0 Å². The molecular weight excluding hydrogens is 218 g/mol. The van der Waals surface area contributed by atoms with E-state index in [2.05, 4.69) is 25.8 Å². The number of rotatable bonds is 8. The summed E-state index contributed by atoms with van der Waals surface area (Å²) >= 11 is 0. The van der Waals surface area contributed by atoms with Gasteiger partial charge in [-0.25, -0.2) is 4.98 Å². The monoisotopic (exact) mass is 237 g/mol. The fourth-order valence-corrected chi connectivity index (χ4v) is 1.60. The van der Waals surface area contributed by atoms with Crippen LogP contribution < -0.4 is 10.6 Å². The molecule has 17 heavy (non-hydrogen) atoms. The fraction of sp³-hybridized carbons (Fsp3) is 0.727. The molecule has 6 heteroatoms. The number of carbonyl (C=O) groups excluding carboxylic acids is 1. The quantitative estimate of drug-likeness (QED) is 0.556. The van der Waals surface area contributed by atoms with Crippen LogP contribution in [0.15, 0.2) is 6.33 Å². The van der Waals surface area contributed by atoms with E-state index in [4.69, 9.17) is 0 Å². The summed E-state index contributed by atoms with van der Waals surface area (Å²) in [5.74, 6) is 0.991. The lowest BCUT2D eigenvalue weighted by atomic mass is 10.3. The van der Waals surface area contributed by atoms with Gasteiger partial charge in [0.2, 0.25) is 5.91 Å². The van der Waals surface area contributed by atoms with Gasteiger partial charge in [0.1, 0.15) is 12.2 Å². The summed E-state index contributed by atoms with van der Waals surface area (Å²) in [5, 5.41) is 12.8. The first-order valence-electron chi connectivity index (χ1n) is 6.19. The van der Waals surface area contributed by atoms with Crippen LogP contribution in [-0.2, 0) is 11.2 Å². The number of hydrogen-bond acceptors (Lipinski definition) is 4. The van der Waals surface area contributed by atoms with E-state index >= 15 is 0 Å². The highest BCUT2D eigenvalue weighted by atomic mass is 16.1. The Balaban J connectivity index is 1.45. The van der Waals surface area contributed by atoms with Crippen LogP contribution in [0.2, 0.25) is 0 Å². The minimum Gasteiger partial charge on any atom is -0.356 e. The molecule has 1 aliphatic carbocycles. The molecule has 0 unspecified atom stereocenters. The maximum Gasteiger partial charge on any atom is 0.221 e. The number of aromatic amines is 1. The van der Waals surface area contributed by atoms with Gasteiger partial charge >= 0.3 is 0 Å². The van der Waals surface area contributed by atoms with Crippen LogP contribution in [0, 0.1) is 0 Å². The van der Waals surface area contributed by atoms with Crippen LogP contribution in [0.5, 0.6) is 0 Å². The Morgan fingerprint density at radius 3 is 3.06 bits per heavy atom. The molecule has 0 radical (unpaired) electrons. The highest BCUT2D eigenvalue weighted by molar-refractivity contribution is 5.75. The van der Waals surface area contributed by atoms with Gasteiger partial charge in [-0.3, -0.25) is 9.89 Å². The average molecular weight is 237 g/mol. The number of hydrogen-bond donors (Lipinski definition) is 3. The highest BCUT2D eigenvalue weighted by Gasteiger charge is 2.19. The number of amides is 1. The number of nitrogens with zero attached hydrogens (tertiary/aromatic N) is 2. The van der Waals surface area contributed by atoms with Crippen molar-refractivity contribution in [2.75, 3.05) is 13.1 Å². The minimum atomic E-state index is 0.121.